The molecule has 3 aliphatic rings. The van der Waals surface area contributed by atoms with Crippen molar-refractivity contribution in [2.24, 2.45) is 0 Å². The lowest BCUT2D eigenvalue weighted by Crippen LogP contribution is -2.36. The molecule has 0 radical (unpaired) electrons. The van der Waals surface area contributed by atoms with Gasteiger partial charge in [-0.05, 0) is 50.1 Å². The van der Waals surface area contributed by atoms with Gasteiger partial charge in [-0.1, -0.05) is 13.3 Å². The molecular weight excluding hydrogens is 380 g/mol. The maximum Gasteiger partial charge on any atom is 0.254 e. The average Bonchev–Trinajstić information content (AvgIpc) is 3.32. The second kappa shape index (κ2) is 10.3. The summed E-state index contributed by atoms with van der Waals surface area (Å²) in [4.78, 5) is 15.7. The molecule has 0 bridgehead atoms. The largest absolute Gasteiger partial charge is 0.372 e. The molecule has 0 aromatic rings. The van der Waals surface area contributed by atoms with Crippen LogP contribution in [0.2, 0.25) is 0 Å². The van der Waals surface area contributed by atoms with Crippen LogP contribution in [0.1, 0.15) is 32.6 Å². The highest BCUT2D eigenvalue weighted by Crippen LogP contribution is 2.28. The van der Waals surface area contributed by atoms with Gasteiger partial charge in [0.2, 0.25) is 0 Å². The third-order valence-electron chi connectivity index (χ3n) is 5.41. The molecule has 1 amide bonds. The molecule has 29 heavy (non-hydrogen) atoms. The van der Waals surface area contributed by atoms with Crippen molar-refractivity contribution in [2.75, 3.05) is 32.9 Å². The van der Waals surface area contributed by atoms with Crippen LogP contribution in [0.5, 0.6) is 0 Å². The van der Waals surface area contributed by atoms with Crippen LogP contribution in [-0.4, -0.2) is 78.4 Å². The fourth-order valence-electron chi connectivity index (χ4n) is 3.73. The van der Waals surface area contributed by atoms with Crippen LogP contribution in [0, 0.1) is 0 Å². The van der Waals surface area contributed by atoms with Gasteiger partial charge in [-0.2, -0.15) is 0 Å². The molecule has 162 valence electrons. The van der Waals surface area contributed by atoms with Crippen molar-refractivity contribution >= 4 is 5.91 Å². The zero-order chi connectivity index (χ0) is 20.8. The van der Waals surface area contributed by atoms with Gasteiger partial charge >= 0.3 is 0 Å². The van der Waals surface area contributed by atoms with Crippen molar-refractivity contribution in [3.8, 4) is 0 Å². The van der Waals surface area contributed by atoms with Crippen LogP contribution >= 0.6 is 0 Å². The fraction of sp³-hybridized carbons (Fsp3) is 0.667. The van der Waals surface area contributed by atoms with Crippen LogP contribution in [-0.2, 0) is 9.53 Å². The number of allylic oxidation sites excluding steroid dienone is 2. The topological polar surface area (TPSA) is 65.0 Å². The normalized spacial score (nSPS) is 29.4. The summed E-state index contributed by atoms with van der Waals surface area (Å²) in [5, 5.41) is 13.7. The number of carbonyl (C=O) groups is 1. The van der Waals surface area contributed by atoms with Crippen molar-refractivity contribution in [3.63, 3.8) is 0 Å². The van der Waals surface area contributed by atoms with E-state index in [4.69, 9.17) is 4.74 Å². The van der Waals surface area contributed by atoms with Crippen molar-refractivity contribution in [1.82, 2.24) is 15.1 Å². The van der Waals surface area contributed by atoms with Crippen molar-refractivity contribution in [2.45, 2.75) is 57.3 Å². The number of nitrogens with one attached hydrogen (secondary N) is 1. The van der Waals surface area contributed by atoms with Gasteiger partial charge in [0.15, 0.2) is 0 Å². The van der Waals surface area contributed by atoms with Crippen LogP contribution < -0.4 is 5.32 Å². The summed E-state index contributed by atoms with van der Waals surface area (Å²) in [7, 11) is 0. The first-order chi connectivity index (χ1) is 14.0. The monoisotopic (exact) mass is 411 g/mol. The summed E-state index contributed by atoms with van der Waals surface area (Å²) in [6, 6.07) is 0. The maximum atomic E-state index is 14.1. The highest BCUT2D eigenvalue weighted by Gasteiger charge is 2.37. The van der Waals surface area contributed by atoms with E-state index in [1.165, 1.54) is 4.90 Å². The number of halogens is 2. The van der Waals surface area contributed by atoms with Gasteiger partial charge in [0.05, 0.1) is 25.9 Å². The average molecular weight is 411 g/mol. The minimum absolute atomic E-state index is 0.0130. The molecular formula is C21H31F2N3O3. The molecule has 1 fully saturated rings. The van der Waals surface area contributed by atoms with Crippen LogP contribution in [0.15, 0.2) is 35.6 Å². The van der Waals surface area contributed by atoms with E-state index in [1.54, 1.807) is 4.90 Å². The van der Waals surface area contributed by atoms with E-state index in [0.29, 0.717) is 6.61 Å². The number of carbonyl (C=O) groups excluding carboxylic acids is 1. The number of unbranched alkanes of at least 4 members (excludes halogenated alkanes) is 1. The van der Waals surface area contributed by atoms with Crippen LogP contribution in [0.25, 0.3) is 0 Å². The second-order valence-corrected chi connectivity index (χ2v) is 7.69. The smallest absolute Gasteiger partial charge is 0.254 e. The first kappa shape index (κ1) is 21.9. The fourth-order valence-corrected chi connectivity index (χ4v) is 3.73. The van der Waals surface area contributed by atoms with Gasteiger partial charge in [-0.3, -0.25) is 4.79 Å². The van der Waals surface area contributed by atoms with Crippen molar-refractivity contribution in [1.29, 1.82) is 0 Å². The minimum Gasteiger partial charge on any atom is -0.372 e. The number of nitrogens with zero attached hydrogens (tertiary/aromatic N) is 2. The quantitative estimate of drug-likeness (QED) is 0.569. The lowest BCUT2D eigenvalue weighted by Gasteiger charge is -2.24. The van der Waals surface area contributed by atoms with Gasteiger partial charge in [0, 0.05) is 17.8 Å². The highest BCUT2D eigenvalue weighted by atomic mass is 19.1. The second-order valence-electron chi connectivity index (χ2n) is 7.69. The molecule has 1 saturated heterocycles. The molecule has 0 spiro atoms. The van der Waals surface area contributed by atoms with Gasteiger partial charge in [0.1, 0.15) is 18.6 Å². The number of aliphatic hydroxyl groups is 1. The summed E-state index contributed by atoms with van der Waals surface area (Å²) in [6.07, 6.45) is 5.30. The molecule has 1 heterocycles. The number of hydrogen-bond donors (Lipinski definition) is 2. The summed E-state index contributed by atoms with van der Waals surface area (Å²) in [5.74, 6) is -0.546. The van der Waals surface area contributed by atoms with E-state index in [1.807, 2.05) is 18.2 Å². The Morgan fingerprint density at radius 3 is 2.93 bits per heavy atom. The third-order valence-corrected chi connectivity index (χ3v) is 5.41. The predicted molar refractivity (Wildman–Crippen MR) is 106 cm³/mol. The molecule has 0 aromatic heterocycles. The zero-order valence-electron chi connectivity index (χ0n) is 16.9. The van der Waals surface area contributed by atoms with E-state index in [-0.39, 0.29) is 37.7 Å². The Labute approximate surface area is 170 Å². The number of ether oxygens (including phenoxy) is 1. The molecule has 2 aliphatic carbocycles. The molecule has 0 saturated carbocycles. The van der Waals surface area contributed by atoms with Gasteiger partial charge < -0.3 is 25.0 Å². The van der Waals surface area contributed by atoms with Crippen molar-refractivity contribution < 1.29 is 23.4 Å². The Kier molecular flexibility index (Phi) is 7.80. The predicted octanol–water partition coefficient (Wildman–Crippen LogP) is 2.03. The zero-order valence-corrected chi connectivity index (χ0v) is 16.9. The van der Waals surface area contributed by atoms with Gasteiger partial charge in [-0.25, -0.2) is 8.78 Å². The maximum absolute atomic E-state index is 14.1. The SMILES string of the molecule is CCCCNCCOC1C=CC(N2CN(C(=O)C3=CC(F)CCC3F)CC2O)=C1. The Balaban J connectivity index is 1.51. The van der Waals surface area contributed by atoms with E-state index in [9.17, 15) is 18.7 Å². The van der Waals surface area contributed by atoms with Gasteiger partial charge in [0.25, 0.3) is 5.91 Å². The molecule has 2 N–H and O–H groups in total. The standard InChI is InChI=1S/C21H31F2N3O3/c1-2-3-8-24-9-10-29-17-6-5-16(12-17)26-14-25(13-20(26)27)21(28)18-11-15(22)4-7-19(18)23/h5-6,11-12,15,17,19-20,24,27H,2-4,7-10,13-14H2,1H3. The number of β-amino-alcohol motifs (C(OH)–C–C–N with tert-alkyl or cyclic N) is 1. The Morgan fingerprint density at radius 1 is 1.31 bits per heavy atom. The lowest BCUT2D eigenvalue weighted by molar-refractivity contribution is -0.127. The highest BCUT2D eigenvalue weighted by molar-refractivity contribution is 5.95. The molecule has 6 nitrogen and oxygen atoms in total. The summed E-state index contributed by atoms with van der Waals surface area (Å²) >= 11 is 0. The minimum atomic E-state index is -1.45. The van der Waals surface area contributed by atoms with Crippen LogP contribution in [0.3, 0.4) is 0 Å². The van der Waals surface area contributed by atoms with Crippen LogP contribution in [0.4, 0.5) is 8.78 Å². The van der Waals surface area contributed by atoms with Crippen molar-refractivity contribution in [3.05, 3.63) is 35.6 Å². The summed E-state index contributed by atoms with van der Waals surface area (Å²) in [5.41, 5.74) is 0.625. The molecule has 1 aliphatic heterocycles. The Bertz CT molecular complexity index is 668. The van der Waals surface area contributed by atoms with E-state index in [2.05, 4.69) is 12.2 Å². The molecule has 3 rings (SSSR count). The van der Waals surface area contributed by atoms with E-state index in [0.717, 1.165) is 37.7 Å². The van der Waals surface area contributed by atoms with E-state index >= 15 is 0 Å². The molecule has 4 unspecified atom stereocenters. The van der Waals surface area contributed by atoms with E-state index < -0.39 is 24.5 Å². The summed E-state index contributed by atoms with van der Waals surface area (Å²) in [6.45, 7) is 4.66. The third kappa shape index (κ3) is 5.65. The number of aliphatic hydroxyl groups excluding tert-OH is 1. The number of hydrogen-bond acceptors (Lipinski definition) is 5. The number of alkyl halides is 2. The lowest BCUT2D eigenvalue weighted by atomic mass is 9.95. The molecule has 4 atom stereocenters. The summed E-state index contributed by atoms with van der Waals surface area (Å²) < 4.78 is 33.4. The van der Waals surface area contributed by atoms with Gasteiger partial charge in [-0.15, -0.1) is 0 Å². The first-order valence-electron chi connectivity index (χ1n) is 10.5. The molecule has 0 aromatic carbocycles. The Hall–Kier alpha value is -1.77. The number of amides is 1. The number of rotatable bonds is 9. The first-order valence-corrected chi connectivity index (χ1v) is 10.5. The Morgan fingerprint density at radius 2 is 2.14 bits per heavy atom. The molecule has 8 heteroatoms.